The van der Waals surface area contributed by atoms with E-state index in [-0.39, 0.29) is 17.9 Å². The lowest BCUT2D eigenvalue weighted by Gasteiger charge is -2.25. The van der Waals surface area contributed by atoms with E-state index in [0.717, 1.165) is 25.0 Å². The van der Waals surface area contributed by atoms with Crippen molar-refractivity contribution in [2.75, 3.05) is 18.8 Å². The van der Waals surface area contributed by atoms with Crippen LogP contribution >= 0.6 is 0 Å². The number of pyridine rings is 1. The van der Waals surface area contributed by atoms with Gasteiger partial charge in [-0.25, -0.2) is 4.98 Å². The predicted molar refractivity (Wildman–Crippen MR) is 88.8 cm³/mol. The number of anilines is 1. The molecule has 3 heterocycles. The van der Waals surface area contributed by atoms with Crippen LogP contribution in [0.1, 0.15) is 47.7 Å². The summed E-state index contributed by atoms with van der Waals surface area (Å²) in [5, 5.41) is 6.92. The van der Waals surface area contributed by atoms with Crippen LogP contribution in [0, 0.1) is 0 Å². The molecule has 1 amide bonds. The number of nitrogen functional groups attached to an aromatic ring is 1. The number of carbonyl (C=O) groups is 1. The second kappa shape index (κ2) is 6.14. The first kappa shape index (κ1) is 15.0. The van der Waals surface area contributed by atoms with Crippen molar-refractivity contribution in [3.8, 4) is 5.88 Å². The largest absolute Gasteiger partial charge is 0.474 e. The third-order valence-corrected chi connectivity index (χ3v) is 4.90. The molecule has 3 N–H and O–H groups in total. The minimum Gasteiger partial charge on any atom is -0.474 e. The number of carbonyl (C=O) groups excluding carboxylic acids is 1. The van der Waals surface area contributed by atoms with E-state index in [1.165, 1.54) is 6.42 Å². The summed E-state index contributed by atoms with van der Waals surface area (Å²) >= 11 is 0. The fraction of sp³-hybridized carbons (Fsp3) is 0.471. The molecular weight excluding hydrogens is 306 g/mol. The minimum absolute atomic E-state index is 0.0106. The van der Waals surface area contributed by atoms with Crippen LogP contribution < -0.4 is 10.5 Å². The maximum atomic E-state index is 12.8. The summed E-state index contributed by atoms with van der Waals surface area (Å²) in [6.45, 7) is 1.36. The highest BCUT2D eigenvalue weighted by molar-refractivity contribution is 5.94. The SMILES string of the molecule is Nc1cn[nH]c1C1CCN(C(=O)c2ccnc(OC3CCC3)c2)C1. The van der Waals surface area contributed by atoms with Crippen molar-refractivity contribution in [1.29, 1.82) is 0 Å². The van der Waals surface area contributed by atoms with E-state index in [2.05, 4.69) is 15.2 Å². The van der Waals surface area contributed by atoms with Gasteiger partial charge in [-0.3, -0.25) is 9.89 Å². The molecule has 1 saturated heterocycles. The van der Waals surface area contributed by atoms with Gasteiger partial charge in [0.1, 0.15) is 6.10 Å². The zero-order valence-electron chi connectivity index (χ0n) is 13.4. The summed E-state index contributed by atoms with van der Waals surface area (Å²) in [5.41, 5.74) is 8.13. The van der Waals surface area contributed by atoms with Gasteiger partial charge in [-0.05, 0) is 31.7 Å². The number of ether oxygens (including phenoxy) is 1. The Morgan fingerprint density at radius 2 is 2.25 bits per heavy atom. The Morgan fingerprint density at radius 3 is 2.96 bits per heavy atom. The van der Waals surface area contributed by atoms with Crippen LogP contribution in [0.25, 0.3) is 0 Å². The lowest BCUT2D eigenvalue weighted by atomic mass is 9.96. The van der Waals surface area contributed by atoms with Gasteiger partial charge in [0.2, 0.25) is 5.88 Å². The van der Waals surface area contributed by atoms with Gasteiger partial charge in [0.25, 0.3) is 5.91 Å². The first-order valence-corrected chi connectivity index (χ1v) is 8.41. The Labute approximate surface area is 140 Å². The van der Waals surface area contributed by atoms with Gasteiger partial charge in [0.05, 0.1) is 17.6 Å². The zero-order valence-corrected chi connectivity index (χ0v) is 13.4. The molecule has 0 radical (unpaired) electrons. The van der Waals surface area contributed by atoms with Crippen molar-refractivity contribution < 1.29 is 9.53 Å². The van der Waals surface area contributed by atoms with Crippen molar-refractivity contribution in [2.45, 2.75) is 37.7 Å². The lowest BCUT2D eigenvalue weighted by molar-refractivity contribution is 0.0787. The molecule has 1 aliphatic carbocycles. The number of hydrogen-bond donors (Lipinski definition) is 2. The molecule has 7 heteroatoms. The van der Waals surface area contributed by atoms with Crippen LogP contribution in [0.5, 0.6) is 5.88 Å². The van der Waals surface area contributed by atoms with E-state index in [0.29, 0.717) is 30.2 Å². The van der Waals surface area contributed by atoms with Crippen LogP contribution in [-0.4, -0.2) is 45.2 Å². The lowest BCUT2D eigenvalue weighted by Crippen LogP contribution is -2.29. The van der Waals surface area contributed by atoms with Gasteiger partial charge in [0, 0.05) is 36.8 Å². The van der Waals surface area contributed by atoms with E-state index in [1.54, 1.807) is 24.5 Å². The van der Waals surface area contributed by atoms with E-state index >= 15 is 0 Å². The highest BCUT2D eigenvalue weighted by Crippen LogP contribution is 2.30. The number of H-pyrrole nitrogens is 1. The Morgan fingerprint density at radius 1 is 1.38 bits per heavy atom. The van der Waals surface area contributed by atoms with Crippen LogP contribution in [-0.2, 0) is 0 Å². The number of nitrogens with two attached hydrogens (primary N) is 1. The van der Waals surface area contributed by atoms with E-state index in [4.69, 9.17) is 10.5 Å². The maximum Gasteiger partial charge on any atom is 0.254 e. The average Bonchev–Trinajstić information content (AvgIpc) is 3.19. The molecule has 0 bridgehead atoms. The molecule has 4 rings (SSSR count). The molecule has 2 aromatic rings. The summed E-state index contributed by atoms with van der Waals surface area (Å²) in [4.78, 5) is 18.8. The summed E-state index contributed by atoms with van der Waals surface area (Å²) in [6.07, 6.45) is 7.74. The predicted octanol–water partition coefficient (Wildman–Crippen LogP) is 1.95. The molecular formula is C17H21N5O2. The van der Waals surface area contributed by atoms with Crippen LogP contribution in [0.4, 0.5) is 5.69 Å². The molecule has 0 spiro atoms. The summed E-state index contributed by atoms with van der Waals surface area (Å²) in [6, 6.07) is 3.49. The normalized spacial score (nSPS) is 20.8. The van der Waals surface area contributed by atoms with E-state index in [1.807, 2.05) is 4.90 Å². The molecule has 1 unspecified atom stereocenters. The number of aromatic amines is 1. The van der Waals surface area contributed by atoms with Crippen LogP contribution in [0.3, 0.4) is 0 Å². The molecule has 2 fully saturated rings. The van der Waals surface area contributed by atoms with Crippen molar-refractivity contribution in [3.05, 3.63) is 35.8 Å². The van der Waals surface area contributed by atoms with E-state index < -0.39 is 0 Å². The number of aromatic nitrogens is 3. The molecule has 7 nitrogen and oxygen atoms in total. The highest BCUT2D eigenvalue weighted by Gasteiger charge is 2.30. The van der Waals surface area contributed by atoms with Crippen molar-refractivity contribution in [3.63, 3.8) is 0 Å². The van der Waals surface area contributed by atoms with E-state index in [9.17, 15) is 4.79 Å². The summed E-state index contributed by atoms with van der Waals surface area (Å²) < 4.78 is 5.79. The molecule has 1 aliphatic heterocycles. The molecule has 126 valence electrons. The first-order chi connectivity index (χ1) is 11.7. The molecule has 24 heavy (non-hydrogen) atoms. The Kier molecular flexibility index (Phi) is 3.84. The smallest absolute Gasteiger partial charge is 0.254 e. The maximum absolute atomic E-state index is 12.8. The second-order valence-corrected chi connectivity index (χ2v) is 6.53. The van der Waals surface area contributed by atoms with Crippen molar-refractivity contribution >= 4 is 11.6 Å². The number of amides is 1. The molecule has 0 aromatic carbocycles. The number of nitrogens with zero attached hydrogens (tertiary/aromatic N) is 3. The number of nitrogens with one attached hydrogen (secondary N) is 1. The third kappa shape index (κ3) is 2.81. The van der Waals surface area contributed by atoms with Crippen molar-refractivity contribution in [2.24, 2.45) is 0 Å². The molecule has 1 atom stereocenters. The van der Waals surface area contributed by atoms with Crippen molar-refractivity contribution in [1.82, 2.24) is 20.1 Å². The van der Waals surface area contributed by atoms with Gasteiger partial charge >= 0.3 is 0 Å². The monoisotopic (exact) mass is 327 g/mol. The summed E-state index contributed by atoms with van der Waals surface area (Å²) in [7, 11) is 0. The fourth-order valence-electron chi connectivity index (χ4n) is 3.26. The Balaban J connectivity index is 1.44. The fourth-order valence-corrected chi connectivity index (χ4v) is 3.26. The summed E-state index contributed by atoms with van der Waals surface area (Å²) in [5.74, 6) is 0.763. The first-order valence-electron chi connectivity index (χ1n) is 8.41. The average molecular weight is 327 g/mol. The highest BCUT2D eigenvalue weighted by atomic mass is 16.5. The number of rotatable bonds is 4. The van der Waals surface area contributed by atoms with Gasteiger partial charge in [-0.15, -0.1) is 0 Å². The van der Waals surface area contributed by atoms with Crippen LogP contribution in [0.2, 0.25) is 0 Å². The topological polar surface area (TPSA) is 97.1 Å². The van der Waals surface area contributed by atoms with Crippen LogP contribution in [0.15, 0.2) is 24.5 Å². The third-order valence-electron chi connectivity index (χ3n) is 4.90. The number of likely N-dealkylation sites (tertiary alicyclic amines) is 1. The van der Waals surface area contributed by atoms with Gasteiger partial charge in [-0.2, -0.15) is 5.10 Å². The quantitative estimate of drug-likeness (QED) is 0.894. The minimum atomic E-state index is 0.0106. The second-order valence-electron chi connectivity index (χ2n) is 6.53. The number of hydrogen-bond acceptors (Lipinski definition) is 5. The Bertz CT molecular complexity index is 740. The van der Waals surface area contributed by atoms with Gasteiger partial charge in [-0.1, -0.05) is 0 Å². The molecule has 1 saturated carbocycles. The zero-order chi connectivity index (χ0) is 16.5. The standard InChI is InChI=1S/C17H21N5O2/c18-14-9-20-21-16(14)12-5-7-22(10-12)17(23)11-4-6-19-15(8-11)24-13-2-1-3-13/h4,6,8-9,12-13H,1-3,5,7,10,18H2,(H,20,21). The van der Waals surface area contributed by atoms with Gasteiger partial charge in [0.15, 0.2) is 0 Å². The van der Waals surface area contributed by atoms with Gasteiger partial charge < -0.3 is 15.4 Å². The molecule has 2 aromatic heterocycles. The Hall–Kier alpha value is -2.57. The molecule has 2 aliphatic rings.